The van der Waals surface area contributed by atoms with Gasteiger partial charge < -0.3 is 20.1 Å². The molecular weight excluding hydrogens is 354 g/mol. The molecule has 1 saturated heterocycles. The molecule has 3 amide bonds. The number of urea groups is 1. The summed E-state index contributed by atoms with van der Waals surface area (Å²) in [5.41, 5.74) is 2.39. The van der Waals surface area contributed by atoms with Gasteiger partial charge in [0.2, 0.25) is 0 Å². The van der Waals surface area contributed by atoms with Crippen LogP contribution in [0.2, 0.25) is 0 Å². The topological polar surface area (TPSA) is 81.3 Å². The highest BCUT2D eigenvalue weighted by molar-refractivity contribution is 5.97. The van der Waals surface area contributed by atoms with E-state index in [2.05, 4.69) is 27.4 Å². The third-order valence-electron chi connectivity index (χ3n) is 6.41. The van der Waals surface area contributed by atoms with E-state index in [4.69, 9.17) is 0 Å². The molecule has 2 aromatic rings. The molecule has 146 valence electrons. The van der Waals surface area contributed by atoms with Gasteiger partial charge in [-0.1, -0.05) is 12.2 Å². The summed E-state index contributed by atoms with van der Waals surface area (Å²) >= 11 is 0. The maximum absolute atomic E-state index is 13.3. The quantitative estimate of drug-likeness (QED) is 0.756. The van der Waals surface area contributed by atoms with Gasteiger partial charge in [0.15, 0.2) is 0 Å². The molecule has 28 heavy (non-hydrogen) atoms. The molecule has 0 spiro atoms. The van der Waals surface area contributed by atoms with E-state index in [1.807, 2.05) is 23.1 Å². The fourth-order valence-corrected chi connectivity index (χ4v) is 4.88. The molecule has 1 aromatic heterocycles. The predicted molar refractivity (Wildman–Crippen MR) is 106 cm³/mol. The first-order valence-electron chi connectivity index (χ1n) is 10.1. The second-order valence-corrected chi connectivity index (χ2v) is 8.14. The van der Waals surface area contributed by atoms with Gasteiger partial charge in [-0.15, -0.1) is 0 Å². The lowest BCUT2D eigenvalue weighted by molar-refractivity contribution is 0.0706. The van der Waals surface area contributed by atoms with Gasteiger partial charge in [0.25, 0.3) is 5.91 Å². The van der Waals surface area contributed by atoms with Crippen LogP contribution in [0.1, 0.15) is 23.2 Å². The van der Waals surface area contributed by atoms with E-state index in [1.165, 1.54) is 6.42 Å². The number of hydrogen-bond acceptors (Lipinski definition) is 3. The number of allylic oxidation sites excluding steroid dienone is 2. The van der Waals surface area contributed by atoms with E-state index in [-0.39, 0.29) is 11.9 Å². The average molecular weight is 379 g/mol. The lowest BCUT2D eigenvalue weighted by Gasteiger charge is -2.30. The van der Waals surface area contributed by atoms with Gasteiger partial charge in [-0.3, -0.25) is 4.79 Å². The van der Waals surface area contributed by atoms with Crippen LogP contribution in [-0.4, -0.2) is 64.4 Å². The number of hydrogen-bond donors (Lipinski definition) is 2. The lowest BCUT2D eigenvalue weighted by atomic mass is 9.93. The Kier molecular flexibility index (Phi) is 4.30. The number of nitrogens with zero attached hydrogens (tertiary/aromatic N) is 3. The van der Waals surface area contributed by atoms with Crippen molar-refractivity contribution in [3.63, 3.8) is 0 Å². The standard InChI is InChI=1S/C21H25N5O2/c27-20(16-3-4-18-19(11-16)24-13-23-18)26(8-7-25-6-5-22-21(25)28)12-17-10-14-1-2-15(17)9-14/h1-4,11,13-15,17H,5-10,12H2,(H,22,28)(H,23,24). The molecule has 2 aliphatic carbocycles. The first-order valence-corrected chi connectivity index (χ1v) is 10.1. The number of carbonyl (C=O) groups excluding carboxylic acids is 2. The largest absolute Gasteiger partial charge is 0.345 e. The van der Waals surface area contributed by atoms with Crippen molar-refractivity contribution in [1.29, 1.82) is 0 Å². The van der Waals surface area contributed by atoms with Crippen LogP contribution in [0.15, 0.2) is 36.7 Å². The third kappa shape index (κ3) is 3.15. The van der Waals surface area contributed by atoms with Crippen LogP contribution in [0.5, 0.6) is 0 Å². The summed E-state index contributed by atoms with van der Waals surface area (Å²) in [6.45, 7) is 3.27. The summed E-state index contributed by atoms with van der Waals surface area (Å²) in [7, 11) is 0. The fraction of sp³-hybridized carbons (Fsp3) is 0.476. The lowest BCUT2D eigenvalue weighted by Crippen LogP contribution is -2.42. The molecule has 0 radical (unpaired) electrons. The van der Waals surface area contributed by atoms with E-state index < -0.39 is 0 Å². The Morgan fingerprint density at radius 3 is 2.96 bits per heavy atom. The Labute approximate surface area is 163 Å². The first-order chi connectivity index (χ1) is 13.7. The molecule has 2 fully saturated rings. The summed E-state index contributed by atoms with van der Waals surface area (Å²) in [5, 5.41) is 2.83. The Morgan fingerprint density at radius 2 is 2.21 bits per heavy atom. The maximum atomic E-state index is 13.3. The number of nitrogens with one attached hydrogen (secondary N) is 2. The zero-order chi connectivity index (χ0) is 19.1. The van der Waals surface area contributed by atoms with Crippen molar-refractivity contribution in [2.75, 3.05) is 32.7 Å². The number of benzene rings is 1. The molecule has 2 bridgehead atoms. The van der Waals surface area contributed by atoms with Gasteiger partial charge in [-0.25, -0.2) is 9.78 Å². The second-order valence-electron chi connectivity index (χ2n) is 8.14. The minimum atomic E-state index is -0.0332. The SMILES string of the molecule is O=C1NCCN1CCN(CC1CC2C=CC1C2)C(=O)c1ccc2nc[nH]c2c1. The summed E-state index contributed by atoms with van der Waals surface area (Å²) in [6.07, 6.45) is 8.68. The number of amides is 3. The molecular formula is C21H25N5O2. The summed E-state index contributed by atoms with van der Waals surface area (Å²) in [4.78, 5) is 36.3. The highest BCUT2D eigenvalue weighted by atomic mass is 16.2. The Balaban J connectivity index is 1.34. The van der Waals surface area contributed by atoms with E-state index in [9.17, 15) is 9.59 Å². The Bertz CT molecular complexity index is 936. The number of fused-ring (bicyclic) bond motifs is 3. The smallest absolute Gasteiger partial charge is 0.317 e. The van der Waals surface area contributed by atoms with Crippen LogP contribution < -0.4 is 5.32 Å². The van der Waals surface area contributed by atoms with Gasteiger partial charge in [-0.05, 0) is 48.8 Å². The van der Waals surface area contributed by atoms with Crippen LogP contribution in [0.25, 0.3) is 11.0 Å². The number of imidazole rings is 1. The number of aromatic amines is 1. The third-order valence-corrected chi connectivity index (χ3v) is 6.41. The van der Waals surface area contributed by atoms with Gasteiger partial charge in [-0.2, -0.15) is 0 Å². The zero-order valence-corrected chi connectivity index (χ0v) is 15.8. The molecule has 2 N–H and O–H groups in total. The van der Waals surface area contributed by atoms with Crippen molar-refractivity contribution in [2.45, 2.75) is 12.8 Å². The fourth-order valence-electron chi connectivity index (χ4n) is 4.88. The maximum Gasteiger partial charge on any atom is 0.317 e. The number of H-pyrrole nitrogens is 1. The highest BCUT2D eigenvalue weighted by Crippen LogP contribution is 2.43. The van der Waals surface area contributed by atoms with E-state index in [0.29, 0.717) is 49.5 Å². The predicted octanol–water partition coefficient (Wildman–Crippen LogP) is 2.24. The molecule has 5 rings (SSSR count). The van der Waals surface area contributed by atoms with Gasteiger partial charge in [0.05, 0.1) is 17.4 Å². The molecule has 1 saturated carbocycles. The number of rotatable bonds is 6. The molecule has 3 atom stereocenters. The summed E-state index contributed by atoms with van der Waals surface area (Å²) < 4.78 is 0. The van der Waals surface area contributed by atoms with Gasteiger partial charge >= 0.3 is 6.03 Å². The molecule has 7 nitrogen and oxygen atoms in total. The van der Waals surface area contributed by atoms with Crippen molar-refractivity contribution in [3.8, 4) is 0 Å². The molecule has 3 aliphatic rings. The Hall–Kier alpha value is -2.83. The minimum absolute atomic E-state index is 0.0304. The molecule has 3 unspecified atom stereocenters. The van der Waals surface area contributed by atoms with Gasteiger partial charge in [0.1, 0.15) is 0 Å². The molecule has 1 aromatic carbocycles. The number of carbonyl (C=O) groups is 2. The van der Waals surface area contributed by atoms with Crippen molar-refractivity contribution < 1.29 is 9.59 Å². The summed E-state index contributed by atoms with van der Waals surface area (Å²) in [5.74, 6) is 1.81. The highest BCUT2D eigenvalue weighted by Gasteiger charge is 2.37. The van der Waals surface area contributed by atoms with Crippen molar-refractivity contribution >= 4 is 23.0 Å². The average Bonchev–Trinajstić information content (AvgIpc) is 3.48. The summed E-state index contributed by atoms with van der Waals surface area (Å²) in [6, 6.07) is 5.57. The van der Waals surface area contributed by atoms with E-state index in [0.717, 1.165) is 24.0 Å². The van der Waals surface area contributed by atoms with Crippen molar-refractivity contribution in [1.82, 2.24) is 25.1 Å². The zero-order valence-electron chi connectivity index (χ0n) is 15.8. The Morgan fingerprint density at radius 1 is 1.29 bits per heavy atom. The first kappa shape index (κ1) is 17.3. The van der Waals surface area contributed by atoms with Crippen molar-refractivity contribution in [2.24, 2.45) is 17.8 Å². The van der Waals surface area contributed by atoms with Crippen LogP contribution in [0, 0.1) is 17.8 Å². The van der Waals surface area contributed by atoms with E-state index in [1.54, 1.807) is 11.2 Å². The van der Waals surface area contributed by atoms with Crippen LogP contribution >= 0.6 is 0 Å². The van der Waals surface area contributed by atoms with E-state index >= 15 is 0 Å². The second kappa shape index (κ2) is 6.96. The van der Waals surface area contributed by atoms with Crippen LogP contribution in [-0.2, 0) is 0 Å². The van der Waals surface area contributed by atoms with Gasteiger partial charge in [0, 0.05) is 38.3 Å². The molecule has 1 aliphatic heterocycles. The van der Waals surface area contributed by atoms with Crippen LogP contribution in [0.3, 0.4) is 0 Å². The van der Waals surface area contributed by atoms with Crippen LogP contribution in [0.4, 0.5) is 4.79 Å². The number of aromatic nitrogens is 2. The normalized spacial score (nSPS) is 25.6. The monoisotopic (exact) mass is 379 g/mol. The minimum Gasteiger partial charge on any atom is -0.345 e. The molecule has 7 heteroatoms. The molecule has 2 heterocycles. The van der Waals surface area contributed by atoms with Crippen molar-refractivity contribution in [3.05, 3.63) is 42.2 Å².